The van der Waals surface area contributed by atoms with Crippen molar-refractivity contribution in [2.45, 2.75) is 23.9 Å². The van der Waals surface area contributed by atoms with Gasteiger partial charge in [-0.25, -0.2) is 0 Å². The van der Waals surface area contributed by atoms with Crippen molar-refractivity contribution in [3.63, 3.8) is 0 Å². The van der Waals surface area contributed by atoms with Gasteiger partial charge in [-0.05, 0) is 43.5 Å². The van der Waals surface area contributed by atoms with E-state index in [1.54, 1.807) is 23.7 Å². The van der Waals surface area contributed by atoms with E-state index >= 15 is 0 Å². The van der Waals surface area contributed by atoms with Crippen LogP contribution in [0.2, 0.25) is 0 Å². The molecule has 2 aromatic rings. The molecule has 0 fully saturated rings. The van der Waals surface area contributed by atoms with Crippen molar-refractivity contribution in [2.24, 2.45) is 0 Å². The number of H-pyrrole nitrogens is 1. The number of alkyl halides is 3. The van der Waals surface area contributed by atoms with E-state index in [9.17, 15) is 13.2 Å². The molecule has 21 heavy (non-hydrogen) atoms. The van der Waals surface area contributed by atoms with Crippen LogP contribution in [0.15, 0.2) is 29.3 Å². The summed E-state index contributed by atoms with van der Waals surface area (Å²) in [4.78, 5) is 6.13. The molecule has 0 spiro atoms. The van der Waals surface area contributed by atoms with Crippen molar-refractivity contribution in [3.05, 3.63) is 30.0 Å². The molecule has 0 aliphatic carbocycles. The first-order valence-corrected chi connectivity index (χ1v) is 8.01. The van der Waals surface area contributed by atoms with Crippen molar-refractivity contribution in [1.82, 2.24) is 9.88 Å². The highest BCUT2D eigenvalue weighted by molar-refractivity contribution is 7.98. The Morgan fingerprint density at radius 2 is 2.00 bits per heavy atom. The zero-order valence-electron chi connectivity index (χ0n) is 12.1. The molecule has 6 heteroatoms. The lowest BCUT2D eigenvalue weighted by Gasteiger charge is -2.17. The molecule has 1 aromatic heterocycles. The zero-order valence-corrected chi connectivity index (χ0v) is 12.9. The highest BCUT2D eigenvalue weighted by Gasteiger charge is 2.26. The van der Waals surface area contributed by atoms with Crippen LogP contribution >= 0.6 is 11.8 Å². The van der Waals surface area contributed by atoms with Crippen molar-refractivity contribution in [3.8, 4) is 0 Å². The van der Waals surface area contributed by atoms with Gasteiger partial charge in [0.15, 0.2) is 0 Å². The quantitative estimate of drug-likeness (QED) is 0.801. The summed E-state index contributed by atoms with van der Waals surface area (Å²) in [5.74, 6) is 0. The lowest BCUT2D eigenvalue weighted by Crippen LogP contribution is -2.26. The first-order chi connectivity index (χ1) is 9.89. The Kier molecular flexibility index (Phi) is 5.22. The Morgan fingerprint density at radius 3 is 2.67 bits per heavy atom. The molecule has 0 atom stereocenters. The Morgan fingerprint density at radius 1 is 1.24 bits per heavy atom. The number of aromatic nitrogens is 1. The predicted octanol–water partition coefficient (Wildman–Crippen LogP) is 4.32. The molecule has 0 saturated carbocycles. The van der Waals surface area contributed by atoms with Crippen molar-refractivity contribution >= 4 is 22.7 Å². The van der Waals surface area contributed by atoms with Crippen LogP contribution in [0.1, 0.15) is 12.0 Å². The standard InChI is InChI=1S/C15H19F3N2S/c1-20(8-6-15(16,17)18)7-5-11-10-19-14-4-3-12(21-2)9-13(11)14/h3-4,9-10,19H,5-8H2,1-2H3. The fourth-order valence-electron chi connectivity index (χ4n) is 2.23. The van der Waals surface area contributed by atoms with Gasteiger partial charge in [-0.3, -0.25) is 0 Å². The Bertz CT molecular complexity index is 592. The number of halogens is 3. The zero-order chi connectivity index (χ0) is 15.5. The third-order valence-corrected chi connectivity index (χ3v) is 4.24. The van der Waals surface area contributed by atoms with Gasteiger partial charge in [0.25, 0.3) is 0 Å². The van der Waals surface area contributed by atoms with Crippen LogP contribution in [0, 0.1) is 0 Å². The monoisotopic (exact) mass is 316 g/mol. The molecule has 1 aromatic carbocycles. The maximum absolute atomic E-state index is 12.2. The minimum Gasteiger partial charge on any atom is -0.361 e. The Hall–Kier alpha value is -1.14. The number of nitrogens with one attached hydrogen (secondary N) is 1. The minimum absolute atomic E-state index is 0.0436. The molecule has 0 saturated heterocycles. The maximum atomic E-state index is 12.2. The molecule has 0 amide bonds. The number of hydrogen-bond donors (Lipinski definition) is 1. The summed E-state index contributed by atoms with van der Waals surface area (Å²) in [5, 5.41) is 1.16. The fourth-order valence-corrected chi connectivity index (χ4v) is 2.67. The third kappa shape index (κ3) is 4.68. The van der Waals surface area contributed by atoms with Crippen LogP contribution in [0.3, 0.4) is 0 Å². The maximum Gasteiger partial charge on any atom is 0.390 e. The molecule has 2 rings (SSSR count). The molecule has 0 aliphatic rings. The summed E-state index contributed by atoms with van der Waals surface area (Å²) in [5.41, 5.74) is 2.22. The summed E-state index contributed by atoms with van der Waals surface area (Å²) >= 11 is 1.68. The molecule has 116 valence electrons. The van der Waals surface area contributed by atoms with Crippen LogP contribution in [-0.2, 0) is 6.42 Å². The molecular weight excluding hydrogens is 297 g/mol. The van der Waals surface area contributed by atoms with E-state index in [0.717, 1.165) is 22.9 Å². The molecule has 0 unspecified atom stereocenters. The topological polar surface area (TPSA) is 19.0 Å². The van der Waals surface area contributed by atoms with Crippen LogP contribution < -0.4 is 0 Å². The van der Waals surface area contributed by atoms with Gasteiger partial charge in [-0.2, -0.15) is 13.2 Å². The van der Waals surface area contributed by atoms with Crippen LogP contribution in [-0.4, -0.2) is 42.5 Å². The van der Waals surface area contributed by atoms with E-state index in [4.69, 9.17) is 0 Å². The number of thioether (sulfide) groups is 1. The van der Waals surface area contributed by atoms with E-state index in [2.05, 4.69) is 17.1 Å². The normalized spacial score (nSPS) is 12.5. The predicted molar refractivity (Wildman–Crippen MR) is 82.0 cm³/mol. The van der Waals surface area contributed by atoms with E-state index in [1.807, 2.05) is 18.5 Å². The summed E-state index contributed by atoms with van der Waals surface area (Å²) in [7, 11) is 1.73. The van der Waals surface area contributed by atoms with E-state index in [1.165, 1.54) is 4.90 Å². The SMILES string of the molecule is CSc1ccc2[nH]cc(CCN(C)CCC(F)(F)F)c2c1. The van der Waals surface area contributed by atoms with Gasteiger partial charge in [0.1, 0.15) is 0 Å². The number of aromatic amines is 1. The van der Waals surface area contributed by atoms with Gasteiger partial charge in [0.2, 0.25) is 0 Å². The van der Waals surface area contributed by atoms with E-state index in [0.29, 0.717) is 6.54 Å². The summed E-state index contributed by atoms with van der Waals surface area (Å²) in [6.07, 6.45) is -0.118. The van der Waals surface area contributed by atoms with E-state index < -0.39 is 12.6 Å². The second-order valence-corrected chi connectivity index (χ2v) is 6.02. The van der Waals surface area contributed by atoms with Crippen LogP contribution in [0.25, 0.3) is 10.9 Å². The smallest absolute Gasteiger partial charge is 0.361 e. The first-order valence-electron chi connectivity index (χ1n) is 6.78. The molecule has 0 aliphatic heterocycles. The summed E-state index contributed by atoms with van der Waals surface area (Å²) in [6.45, 7) is 0.661. The highest BCUT2D eigenvalue weighted by atomic mass is 32.2. The Balaban J connectivity index is 1.97. The summed E-state index contributed by atoms with van der Waals surface area (Å²) < 4.78 is 36.6. The number of fused-ring (bicyclic) bond motifs is 1. The second kappa shape index (κ2) is 6.75. The lowest BCUT2D eigenvalue weighted by atomic mass is 10.1. The van der Waals surface area contributed by atoms with Crippen molar-refractivity contribution in [1.29, 1.82) is 0 Å². The van der Waals surface area contributed by atoms with Crippen LogP contribution in [0.5, 0.6) is 0 Å². The average Bonchev–Trinajstić information content (AvgIpc) is 2.84. The highest BCUT2D eigenvalue weighted by Crippen LogP contribution is 2.25. The number of nitrogens with zero attached hydrogens (tertiary/aromatic N) is 1. The number of likely N-dealkylation sites (N-methyl/N-ethyl adjacent to an activating group) is 1. The second-order valence-electron chi connectivity index (χ2n) is 5.14. The minimum atomic E-state index is -4.08. The van der Waals surface area contributed by atoms with Crippen molar-refractivity contribution < 1.29 is 13.2 Å². The largest absolute Gasteiger partial charge is 0.390 e. The number of hydrogen-bond acceptors (Lipinski definition) is 2. The number of benzene rings is 1. The van der Waals surface area contributed by atoms with Crippen molar-refractivity contribution in [2.75, 3.05) is 26.4 Å². The molecule has 0 radical (unpaired) electrons. The molecule has 1 N–H and O–H groups in total. The van der Waals surface area contributed by atoms with E-state index in [-0.39, 0.29) is 6.54 Å². The fraction of sp³-hybridized carbons (Fsp3) is 0.467. The van der Waals surface area contributed by atoms with Gasteiger partial charge < -0.3 is 9.88 Å². The molecule has 1 heterocycles. The first kappa shape index (κ1) is 16.2. The number of rotatable bonds is 6. The Labute approximate surface area is 126 Å². The summed E-state index contributed by atoms with van der Waals surface area (Å²) in [6, 6.07) is 6.22. The van der Waals surface area contributed by atoms with Gasteiger partial charge in [-0.1, -0.05) is 0 Å². The van der Waals surface area contributed by atoms with Gasteiger partial charge in [0.05, 0.1) is 6.42 Å². The van der Waals surface area contributed by atoms with Gasteiger partial charge in [-0.15, -0.1) is 11.8 Å². The van der Waals surface area contributed by atoms with Gasteiger partial charge in [0, 0.05) is 35.1 Å². The third-order valence-electron chi connectivity index (χ3n) is 3.51. The molecular formula is C15H19F3N2S. The molecule has 0 bridgehead atoms. The lowest BCUT2D eigenvalue weighted by molar-refractivity contribution is -0.137. The van der Waals surface area contributed by atoms with Crippen LogP contribution in [0.4, 0.5) is 13.2 Å². The van der Waals surface area contributed by atoms with Gasteiger partial charge >= 0.3 is 6.18 Å². The average molecular weight is 316 g/mol. The molecule has 2 nitrogen and oxygen atoms in total.